The van der Waals surface area contributed by atoms with E-state index in [0.29, 0.717) is 28.3 Å². The molecule has 0 spiro atoms. The molecule has 0 aliphatic carbocycles. The number of hydrogen-bond donors (Lipinski definition) is 0. The van der Waals surface area contributed by atoms with E-state index in [2.05, 4.69) is 6.58 Å². The number of nitrogens with zero attached hydrogens (tertiary/aromatic N) is 2. The lowest BCUT2D eigenvalue weighted by Gasteiger charge is -2.31. The zero-order chi connectivity index (χ0) is 27.6. The van der Waals surface area contributed by atoms with Gasteiger partial charge in [0.1, 0.15) is 5.75 Å². The molecule has 5 rings (SSSR count). The maximum Gasteiger partial charge on any atom is 0.243 e. The Morgan fingerprint density at radius 1 is 0.846 bits per heavy atom. The lowest BCUT2D eigenvalue weighted by atomic mass is 9.90. The van der Waals surface area contributed by atoms with Gasteiger partial charge in [0, 0.05) is 17.9 Å². The molecule has 2 atom stereocenters. The zero-order valence-electron chi connectivity index (χ0n) is 21.9. The minimum atomic E-state index is -3.95. The van der Waals surface area contributed by atoms with Crippen LogP contribution in [0.25, 0.3) is 0 Å². The standard InChI is InChI=1S/C32H30N2O4S/c1-23-14-20-29(21-15-23)39(36,37)33-22-24(2)30(31(33)25-16-18-28(38-3)19-17-25)32(35)34(26-10-6-4-7-11-26)27-12-8-5-9-13-27/h4-21,30-31H,2,22H2,1,3H3/t30-,31+/m0/s1. The van der Waals surface area contributed by atoms with E-state index in [0.717, 1.165) is 5.56 Å². The molecule has 0 saturated carbocycles. The molecule has 198 valence electrons. The third-order valence-corrected chi connectivity index (χ3v) is 8.87. The number of rotatable bonds is 7. The van der Waals surface area contributed by atoms with Crippen LogP contribution in [-0.4, -0.2) is 32.3 Å². The van der Waals surface area contributed by atoms with Crippen molar-refractivity contribution in [3.05, 3.63) is 132 Å². The van der Waals surface area contributed by atoms with Gasteiger partial charge in [0.05, 0.1) is 24.0 Å². The molecule has 6 nitrogen and oxygen atoms in total. The first-order valence-corrected chi connectivity index (χ1v) is 14.1. The number of para-hydroxylation sites is 2. The number of sulfonamides is 1. The van der Waals surface area contributed by atoms with Crippen LogP contribution in [0.4, 0.5) is 11.4 Å². The highest BCUT2D eigenvalue weighted by Crippen LogP contribution is 2.45. The highest BCUT2D eigenvalue weighted by Gasteiger charge is 2.49. The molecular weight excluding hydrogens is 508 g/mol. The Morgan fingerprint density at radius 3 is 1.90 bits per heavy atom. The van der Waals surface area contributed by atoms with Gasteiger partial charge >= 0.3 is 0 Å². The summed E-state index contributed by atoms with van der Waals surface area (Å²) in [5.74, 6) is -0.430. The maximum atomic E-state index is 14.5. The molecule has 0 radical (unpaired) electrons. The van der Waals surface area contributed by atoms with Gasteiger partial charge in [0.25, 0.3) is 0 Å². The van der Waals surface area contributed by atoms with Crippen molar-refractivity contribution in [1.82, 2.24) is 4.31 Å². The lowest BCUT2D eigenvalue weighted by Crippen LogP contribution is -2.38. The van der Waals surface area contributed by atoms with Crippen molar-refractivity contribution in [2.24, 2.45) is 5.92 Å². The number of amides is 1. The summed E-state index contributed by atoms with van der Waals surface area (Å²) in [5, 5.41) is 0. The van der Waals surface area contributed by atoms with Gasteiger partial charge in [-0.1, -0.05) is 72.8 Å². The van der Waals surface area contributed by atoms with Crippen LogP contribution in [0.2, 0.25) is 0 Å². The third-order valence-electron chi connectivity index (χ3n) is 7.02. The van der Waals surface area contributed by atoms with Crippen molar-refractivity contribution in [3.63, 3.8) is 0 Å². The summed E-state index contributed by atoms with van der Waals surface area (Å²) in [6.45, 7) is 6.17. The SMILES string of the molecule is C=C1CN(S(=O)(=O)c2ccc(C)cc2)[C@H](c2ccc(OC)cc2)[C@H]1C(=O)N(c1ccccc1)c1ccccc1. The predicted octanol–water partition coefficient (Wildman–Crippen LogP) is 6.29. The fourth-order valence-electron chi connectivity index (χ4n) is 5.03. The normalized spacial score (nSPS) is 17.6. The van der Waals surface area contributed by atoms with E-state index < -0.39 is 22.0 Å². The van der Waals surface area contributed by atoms with Crippen LogP contribution in [0.5, 0.6) is 5.75 Å². The molecule has 1 heterocycles. The van der Waals surface area contributed by atoms with Gasteiger partial charge in [-0.2, -0.15) is 4.31 Å². The monoisotopic (exact) mass is 538 g/mol. The molecule has 39 heavy (non-hydrogen) atoms. The summed E-state index contributed by atoms with van der Waals surface area (Å²) < 4.78 is 34.8. The van der Waals surface area contributed by atoms with E-state index in [4.69, 9.17) is 4.74 Å². The Bertz CT molecular complexity index is 1530. The largest absolute Gasteiger partial charge is 0.497 e. The maximum absolute atomic E-state index is 14.5. The number of benzene rings is 4. The Morgan fingerprint density at radius 2 is 1.38 bits per heavy atom. The van der Waals surface area contributed by atoms with Crippen molar-refractivity contribution < 1.29 is 17.9 Å². The number of methoxy groups -OCH3 is 1. The van der Waals surface area contributed by atoms with Crippen LogP contribution >= 0.6 is 0 Å². The Kier molecular flexibility index (Phi) is 7.37. The van der Waals surface area contributed by atoms with Crippen molar-refractivity contribution in [1.29, 1.82) is 0 Å². The molecule has 0 N–H and O–H groups in total. The summed E-state index contributed by atoms with van der Waals surface area (Å²) >= 11 is 0. The topological polar surface area (TPSA) is 66.9 Å². The zero-order valence-corrected chi connectivity index (χ0v) is 22.7. The fraction of sp³-hybridized carbons (Fsp3) is 0.156. The van der Waals surface area contributed by atoms with Crippen molar-refractivity contribution in [2.45, 2.75) is 17.9 Å². The van der Waals surface area contributed by atoms with Crippen LogP contribution in [-0.2, 0) is 14.8 Å². The van der Waals surface area contributed by atoms with Gasteiger partial charge < -0.3 is 4.74 Å². The second kappa shape index (κ2) is 10.9. The van der Waals surface area contributed by atoms with Crippen molar-refractivity contribution in [2.75, 3.05) is 18.6 Å². The van der Waals surface area contributed by atoms with Crippen molar-refractivity contribution >= 4 is 27.3 Å². The summed E-state index contributed by atoms with van der Waals surface area (Å²) in [7, 11) is -2.38. The summed E-state index contributed by atoms with van der Waals surface area (Å²) in [6, 6.07) is 31.9. The minimum absolute atomic E-state index is 0.0285. The van der Waals surface area contributed by atoms with Gasteiger partial charge in [-0.25, -0.2) is 8.42 Å². The van der Waals surface area contributed by atoms with E-state index >= 15 is 0 Å². The lowest BCUT2D eigenvalue weighted by molar-refractivity contribution is -0.121. The second-order valence-electron chi connectivity index (χ2n) is 9.56. The number of ether oxygens (including phenoxy) is 1. The first-order chi connectivity index (χ1) is 18.8. The first-order valence-electron chi connectivity index (χ1n) is 12.7. The average Bonchev–Trinajstić information content (AvgIpc) is 3.32. The van der Waals surface area contributed by atoms with Crippen LogP contribution in [0.1, 0.15) is 17.2 Å². The van der Waals surface area contributed by atoms with Gasteiger partial charge in [-0.05, 0) is 66.6 Å². The summed E-state index contributed by atoms with van der Waals surface area (Å²) in [4.78, 5) is 16.4. The molecule has 0 bridgehead atoms. The third kappa shape index (κ3) is 5.11. The Labute approximate surface area is 229 Å². The van der Waals surface area contributed by atoms with E-state index in [1.54, 1.807) is 48.4 Å². The highest BCUT2D eigenvalue weighted by atomic mass is 32.2. The summed E-state index contributed by atoms with van der Waals surface area (Å²) in [6.07, 6.45) is 0. The molecule has 0 unspecified atom stereocenters. The molecule has 1 amide bonds. The van der Waals surface area contributed by atoms with E-state index in [-0.39, 0.29) is 17.3 Å². The van der Waals surface area contributed by atoms with Crippen LogP contribution in [0.15, 0.2) is 126 Å². The number of carbonyl (C=O) groups excluding carboxylic acids is 1. The van der Waals surface area contributed by atoms with Gasteiger partial charge in [-0.15, -0.1) is 0 Å². The molecule has 1 saturated heterocycles. The van der Waals surface area contributed by atoms with Crippen molar-refractivity contribution in [3.8, 4) is 5.75 Å². The predicted molar refractivity (Wildman–Crippen MR) is 153 cm³/mol. The van der Waals surface area contributed by atoms with Crippen LogP contribution in [0.3, 0.4) is 0 Å². The number of anilines is 2. The molecule has 4 aromatic rings. The molecule has 1 fully saturated rings. The quantitative estimate of drug-likeness (QED) is 0.260. The van der Waals surface area contributed by atoms with Gasteiger partial charge in [0.15, 0.2) is 0 Å². The molecular formula is C32H30N2O4S. The Balaban J connectivity index is 1.64. The molecule has 1 aliphatic heterocycles. The molecule has 0 aromatic heterocycles. The number of hydrogen-bond acceptors (Lipinski definition) is 4. The van der Waals surface area contributed by atoms with Gasteiger partial charge in [0.2, 0.25) is 15.9 Å². The summed E-state index contributed by atoms with van der Waals surface area (Å²) in [5.41, 5.74) is 3.56. The fourth-order valence-corrected chi connectivity index (χ4v) is 6.66. The first kappa shape index (κ1) is 26.4. The Hall–Kier alpha value is -4.20. The number of carbonyl (C=O) groups is 1. The molecule has 4 aromatic carbocycles. The number of aryl methyl sites for hydroxylation is 1. The highest BCUT2D eigenvalue weighted by molar-refractivity contribution is 7.89. The van der Waals surface area contributed by atoms with Crippen LogP contribution < -0.4 is 9.64 Å². The second-order valence-corrected chi connectivity index (χ2v) is 11.5. The van der Waals surface area contributed by atoms with E-state index in [1.165, 1.54) is 4.31 Å². The van der Waals surface area contributed by atoms with Crippen LogP contribution in [0, 0.1) is 12.8 Å². The average molecular weight is 539 g/mol. The minimum Gasteiger partial charge on any atom is -0.497 e. The molecule has 7 heteroatoms. The van der Waals surface area contributed by atoms with E-state index in [1.807, 2.05) is 79.7 Å². The molecule has 1 aliphatic rings. The van der Waals surface area contributed by atoms with Gasteiger partial charge in [-0.3, -0.25) is 9.69 Å². The smallest absolute Gasteiger partial charge is 0.243 e. The van der Waals surface area contributed by atoms with E-state index in [9.17, 15) is 13.2 Å².